The zero-order chi connectivity index (χ0) is 19.5. The van der Waals surface area contributed by atoms with E-state index >= 15 is 0 Å². The lowest BCUT2D eigenvalue weighted by Crippen LogP contribution is -2.21. The van der Waals surface area contributed by atoms with Crippen LogP contribution in [-0.2, 0) is 17.9 Å². The van der Waals surface area contributed by atoms with Crippen molar-refractivity contribution in [3.8, 4) is 11.1 Å². The Morgan fingerprint density at radius 3 is 2.79 bits per heavy atom. The summed E-state index contributed by atoms with van der Waals surface area (Å²) in [4.78, 5) is 12.3. The third-order valence-electron chi connectivity index (χ3n) is 4.06. The molecule has 1 aromatic carbocycles. The molecule has 1 N–H and O–H groups in total. The summed E-state index contributed by atoms with van der Waals surface area (Å²) in [6.45, 7) is 0.341. The molecular formula is C19H15F2N5O2. The second-order valence-electron chi connectivity index (χ2n) is 6.06. The third kappa shape index (κ3) is 3.83. The lowest BCUT2D eigenvalue weighted by Gasteiger charge is -2.08. The van der Waals surface area contributed by atoms with Gasteiger partial charge in [-0.25, -0.2) is 13.5 Å². The van der Waals surface area contributed by atoms with Gasteiger partial charge in [-0.2, -0.15) is 10.2 Å². The van der Waals surface area contributed by atoms with E-state index in [0.717, 1.165) is 12.1 Å². The summed E-state index contributed by atoms with van der Waals surface area (Å²) in [5, 5.41) is 11.0. The Bertz CT molecular complexity index is 1100. The number of hydrogen-bond acceptors (Lipinski definition) is 4. The first-order valence-electron chi connectivity index (χ1n) is 8.40. The van der Waals surface area contributed by atoms with E-state index < -0.39 is 11.6 Å². The summed E-state index contributed by atoms with van der Waals surface area (Å²) < 4.78 is 34.8. The molecule has 0 saturated carbocycles. The van der Waals surface area contributed by atoms with Crippen molar-refractivity contribution >= 4 is 11.7 Å². The molecule has 142 valence electrons. The maximum Gasteiger partial charge on any atom is 0.247 e. The van der Waals surface area contributed by atoms with Crippen molar-refractivity contribution in [3.05, 3.63) is 78.6 Å². The zero-order valence-corrected chi connectivity index (χ0v) is 14.5. The summed E-state index contributed by atoms with van der Waals surface area (Å²) >= 11 is 0. The first-order chi connectivity index (χ1) is 13.6. The number of anilines is 1. The van der Waals surface area contributed by atoms with Gasteiger partial charge in [0.2, 0.25) is 5.91 Å². The predicted molar refractivity (Wildman–Crippen MR) is 96.2 cm³/mol. The van der Waals surface area contributed by atoms with Gasteiger partial charge in [0.15, 0.2) is 11.6 Å². The van der Waals surface area contributed by atoms with Gasteiger partial charge in [0, 0.05) is 17.8 Å². The largest absolute Gasteiger partial charge is 0.467 e. The molecule has 0 atom stereocenters. The molecule has 4 rings (SSSR count). The molecule has 0 saturated heterocycles. The van der Waals surface area contributed by atoms with E-state index in [1.807, 2.05) is 6.07 Å². The van der Waals surface area contributed by atoms with Crippen molar-refractivity contribution in [2.24, 2.45) is 0 Å². The van der Waals surface area contributed by atoms with Crippen LogP contribution in [0.4, 0.5) is 14.6 Å². The Labute approximate surface area is 158 Å². The summed E-state index contributed by atoms with van der Waals surface area (Å²) in [5.74, 6) is -0.924. The molecule has 0 bridgehead atoms. The van der Waals surface area contributed by atoms with Crippen molar-refractivity contribution in [1.29, 1.82) is 0 Å². The van der Waals surface area contributed by atoms with Gasteiger partial charge in [-0.1, -0.05) is 6.07 Å². The maximum absolute atomic E-state index is 13.4. The molecule has 0 aliphatic carbocycles. The van der Waals surface area contributed by atoms with Crippen molar-refractivity contribution in [2.75, 3.05) is 5.32 Å². The van der Waals surface area contributed by atoms with Crippen LogP contribution in [0.15, 0.2) is 65.7 Å². The van der Waals surface area contributed by atoms with Gasteiger partial charge in [-0.3, -0.25) is 9.48 Å². The number of carbonyl (C=O) groups excluding carboxylic acids is 1. The number of halogens is 2. The number of nitrogens with zero attached hydrogens (tertiary/aromatic N) is 4. The van der Waals surface area contributed by atoms with E-state index in [1.54, 1.807) is 35.5 Å². The van der Waals surface area contributed by atoms with E-state index in [2.05, 4.69) is 15.5 Å². The molecule has 9 heteroatoms. The zero-order valence-electron chi connectivity index (χ0n) is 14.5. The van der Waals surface area contributed by atoms with Crippen LogP contribution in [0.3, 0.4) is 0 Å². The molecule has 3 aromatic heterocycles. The molecule has 7 nitrogen and oxygen atoms in total. The minimum Gasteiger partial charge on any atom is -0.467 e. The standard InChI is InChI=1S/C19H15F2N5O2/c20-16-4-3-13(8-17(16)21)14-9-23-25(10-14)12-19(27)24-18-5-6-22-26(18)11-15-2-1-7-28-15/h1-10H,11-12H2,(H,24,27). The van der Waals surface area contributed by atoms with Crippen molar-refractivity contribution < 1.29 is 18.0 Å². The number of furan rings is 1. The predicted octanol–water partition coefficient (Wildman–Crippen LogP) is 3.30. The lowest BCUT2D eigenvalue weighted by atomic mass is 10.1. The number of hydrogen-bond donors (Lipinski definition) is 1. The van der Waals surface area contributed by atoms with Gasteiger partial charge in [-0.15, -0.1) is 0 Å². The summed E-state index contributed by atoms with van der Waals surface area (Å²) in [6, 6.07) is 8.86. The highest BCUT2D eigenvalue weighted by Gasteiger charge is 2.11. The Balaban J connectivity index is 1.42. The van der Waals surface area contributed by atoms with E-state index in [9.17, 15) is 13.6 Å². The summed E-state index contributed by atoms with van der Waals surface area (Å²) in [5.41, 5.74) is 1.05. The molecule has 0 aliphatic rings. The Hall–Kier alpha value is -3.75. The average Bonchev–Trinajstić information content (AvgIpc) is 3.41. The Morgan fingerprint density at radius 2 is 2.00 bits per heavy atom. The van der Waals surface area contributed by atoms with Crippen LogP contribution in [0, 0.1) is 11.6 Å². The van der Waals surface area contributed by atoms with Gasteiger partial charge >= 0.3 is 0 Å². The minimum atomic E-state index is -0.937. The van der Waals surface area contributed by atoms with Gasteiger partial charge in [0.1, 0.15) is 24.7 Å². The van der Waals surface area contributed by atoms with Gasteiger partial charge in [0.05, 0.1) is 18.7 Å². The van der Waals surface area contributed by atoms with Crippen LogP contribution >= 0.6 is 0 Å². The normalized spacial score (nSPS) is 10.9. The van der Waals surface area contributed by atoms with Crippen LogP contribution in [0.1, 0.15) is 5.76 Å². The van der Waals surface area contributed by atoms with Crippen LogP contribution in [0.5, 0.6) is 0 Å². The number of rotatable bonds is 6. The number of benzene rings is 1. The highest BCUT2D eigenvalue weighted by atomic mass is 19.2. The highest BCUT2D eigenvalue weighted by molar-refractivity contribution is 5.89. The average molecular weight is 383 g/mol. The number of carbonyl (C=O) groups is 1. The molecule has 4 aromatic rings. The first-order valence-corrected chi connectivity index (χ1v) is 8.40. The fourth-order valence-electron chi connectivity index (χ4n) is 2.72. The van der Waals surface area contributed by atoms with Gasteiger partial charge < -0.3 is 9.73 Å². The third-order valence-corrected chi connectivity index (χ3v) is 4.06. The van der Waals surface area contributed by atoms with E-state index in [1.165, 1.54) is 16.9 Å². The van der Waals surface area contributed by atoms with E-state index in [0.29, 0.717) is 29.2 Å². The summed E-state index contributed by atoms with van der Waals surface area (Å²) in [6.07, 6.45) is 6.22. The molecule has 0 radical (unpaired) electrons. The fourth-order valence-corrected chi connectivity index (χ4v) is 2.72. The molecule has 3 heterocycles. The number of nitrogens with one attached hydrogen (secondary N) is 1. The fraction of sp³-hybridized carbons (Fsp3) is 0.105. The van der Waals surface area contributed by atoms with Crippen LogP contribution in [-0.4, -0.2) is 25.5 Å². The molecule has 0 aliphatic heterocycles. The molecule has 0 unspecified atom stereocenters. The highest BCUT2D eigenvalue weighted by Crippen LogP contribution is 2.21. The van der Waals surface area contributed by atoms with E-state index in [4.69, 9.17) is 4.42 Å². The SMILES string of the molecule is O=C(Cn1cc(-c2ccc(F)c(F)c2)cn1)Nc1ccnn1Cc1ccco1. The van der Waals surface area contributed by atoms with Gasteiger partial charge in [-0.05, 0) is 29.8 Å². The number of aromatic nitrogens is 4. The Kier molecular flexibility index (Phi) is 4.71. The first kappa shape index (κ1) is 17.7. The van der Waals surface area contributed by atoms with Crippen molar-refractivity contribution in [3.63, 3.8) is 0 Å². The minimum absolute atomic E-state index is 0.0460. The molecule has 28 heavy (non-hydrogen) atoms. The second kappa shape index (κ2) is 7.47. The molecule has 0 fully saturated rings. The monoisotopic (exact) mass is 383 g/mol. The maximum atomic E-state index is 13.4. The summed E-state index contributed by atoms with van der Waals surface area (Å²) in [7, 11) is 0. The second-order valence-corrected chi connectivity index (χ2v) is 6.06. The smallest absolute Gasteiger partial charge is 0.247 e. The quantitative estimate of drug-likeness (QED) is 0.554. The Morgan fingerprint density at radius 1 is 1.11 bits per heavy atom. The molecule has 0 spiro atoms. The topological polar surface area (TPSA) is 77.9 Å². The molecular weight excluding hydrogens is 368 g/mol. The molecule has 1 amide bonds. The van der Waals surface area contributed by atoms with Crippen LogP contribution < -0.4 is 5.32 Å². The van der Waals surface area contributed by atoms with Crippen molar-refractivity contribution in [1.82, 2.24) is 19.6 Å². The lowest BCUT2D eigenvalue weighted by molar-refractivity contribution is -0.116. The van der Waals surface area contributed by atoms with Crippen LogP contribution in [0.2, 0.25) is 0 Å². The van der Waals surface area contributed by atoms with E-state index in [-0.39, 0.29) is 12.5 Å². The van der Waals surface area contributed by atoms with Crippen LogP contribution in [0.25, 0.3) is 11.1 Å². The van der Waals surface area contributed by atoms with Crippen molar-refractivity contribution in [2.45, 2.75) is 13.1 Å². The number of amides is 1. The van der Waals surface area contributed by atoms with Gasteiger partial charge in [0.25, 0.3) is 0 Å².